The van der Waals surface area contributed by atoms with E-state index in [0.29, 0.717) is 17.6 Å². The third-order valence-corrected chi connectivity index (χ3v) is 6.97. The number of primary amides is 1. The van der Waals surface area contributed by atoms with Crippen LogP contribution in [-0.2, 0) is 4.74 Å². The molecular formula is C24H30N4O2. The van der Waals surface area contributed by atoms with E-state index in [9.17, 15) is 4.79 Å². The number of rotatable bonds is 4. The van der Waals surface area contributed by atoms with Gasteiger partial charge in [-0.05, 0) is 56.2 Å². The van der Waals surface area contributed by atoms with Crippen molar-refractivity contribution in [3.05, 3.63) is 42.0 Å². The maximum absolute atomic E-state index is 12.3. The number of carbonyl (C=O) groups is 1. The van der Waals surface area contributed by atoms with Gasteiger partial charge in [0.05, 0.1) is 29.7 Å². The fraction of sp³-hybridized carbons (Fsp3) is 0.500. The molecule has 3 heterocycles. The van der Waals surface area contributed by atoms with Crippen LogP contribution in [0.2, 0.25) is 0 Å². The Morgan fingerprint density at radius 3 is 2.53 bits per heavy atom. The maximum Gasteiger partial charge on any atom is 0.250 e. The van der Waals surface area contributed by atoms with E-state index in [4.69, 9.17) is 15.5 Å². The lowest BCUT2D eigenvalue weighted by Crippen LogP contribution is -2.41. The van der Waals surface area contributed by atoms with Crippen LogP contribution in [0, 0.1) is 5.41 Å². The topological polar surface area (TPSA) is 71.7 Å². The van der Waals surface area contributed by atoms with Gasteiger partial charge in [-0.2, -0.15) is 0 Å². The van der Waals surface area contributed by atoms with Crippen molar-refractivity contribution >= 4 is 17.4 Å². The van der Waals surface area contributed by atoms with Crippen molar-refractivity contribution in [2.24, 2.45) is 11.1 Å². The molecule has 5 rings (SSSR count). The van der Waals surface area contributed by atoms with Gasteiger partial charge in [0, 0.05) is 31.7 Å². The summed E-state index contributed by atoms with van der Waals surface area (Å²) in [7, 11) is 0. The molecule has 1 spiro atoms. The van der Waals surface area contributed by atoms with Crippen LogP contribution in [0.3, 0.4) is 0 Å². The molecule has 0 radical (unpaired) electrons. The molecule has 1 aliphatic carbocycles. The van der Waals surface area contributed by atoms with Crippen LogP contribution in [0.5, 0.6) is 0 Å². The zero-order valence-corrected chi connectivity index (χ0v) is 17.6. The number of amides is 1. The standard InChI is InChI=1S/C24H30N4O2/c1-17-16-28(14-15-30-17)21-7-3-6-20(26-21)18-4-2-5-19(23(25)29)22(18)27-12-10-24(8-9-24)11-13-27/h2-7,17H,8-16H2,1H3,(H2,25,29). The van der Waals surface area contributed by atoms with Gasteiger partial charge in [0.2, 0.25) is 0 Å². The Bertz CT molecular complexity index is 946. The fourth-order valence-corrected chi connectivity index (χ4v) is 4.95. The first-order chi connectivity index (χ1) is 14.5. The molecule has 1 aromatic heterocycles. The first-order valence-electron chi connectivity index (χ1n) is 11.1. The normalized spacial score (nSPS) is 22.9. The van der Waals surface area contributed by atoms with Crippen molar-refractivity contribution < 1.29 is 9.53 Å². The first-order valence-corrected chi connectivity index (χ1v) is 11.1. The molecule has 2 aliphatic heterocycles. The van der Waals surface area contributed by atoms with Gasteiger partial charge in [0.1, 0.15) is 5.82 Å². The Morgan fingerprint density at radius 2 is 1.83 bits per heavy atom. The average Bonchev–Trinajstić information content (AvgIpc) is 3.52. The number of piperidine rings is 1. The zero-order chi connectivity index (χ0) is 20.7. The Balaban J connectivity index is 1.52. The third kappa shape index (κ3) is 3.65. The van der Waals surface area contributed by atoms with Gasteiger partial charge in [-0.25, -0.2) is 4.98 Å². The molecule has 2 N–H and O–H groups in total. The molecule has 1 unspecified atom stereocenters. The highest BCUT2D eigenvalue weighted by atomic mass is 16.5. The second-order valence-corrected chi connectivity index (χ2v) is 9.06. The molecule has 1 saturated carbocycles. The highest BCUT2D eigenvalue weighted by molar-refractivity contribution is 6.02. The van der Waals surface area contributed by atoms with Crippen LogP contribution in [0.1, 0.15) is 43.0 Å². The average molecular weight is 407 g/mol. The van der Waals surface area contributed by atoms with E-state index in [0.717, 1.165) is 48.9 Å². The van der Waals surface area contributed by atoms with E-state index in [2.05, 4.69) is 28.9 Å². The molecule has 158 valence electrons. The molecule has 1 aromatic carbocycles. The van der Waals surface area contributed by atoms with Gasteiger partial charge >= 0.3 is 0 Å². The van der Waals surface area contributed by atoms with E-state index in [1.54, 1.807) is 0 Å². The highest BCUT2D eigenvalue weighted by Crippen LogP contribution is 2.54. The van der Waals surface area contributed by atoms with Crippen molar-refractivity contribution in [1.29, 1.82) is 0 Å². The summed E-state index contributed by atoms with van der Waals surface area (Å²) >= 11 is 0. The number of ether oxygens (including phenoxy) is 1. The SMILES string of the molecule is CC1CN(c2cccc(-c3cccc(C(N)=O)c3N3CCC4(CC3)CC4)n2)CCO1. The first kappa shape index (κ1) is 19.4. The van der Waals surface area contributed by atoms with E-state index in [-0.39, 0.29) is 12.0 Å². The number of anilines is 2. The number of carbonyl (C=O) groups excluding carboxylic acids is 1. The quantitative estimate of drug-likeness (QED) is 0.842. The smallest absolute Gasteiger partial charge is 0.250 e. The van der Waals surface area contributed by atoms with E-state index in [1.807, 2.05) is 24.3 Å². The minimum atomic E-state index is -0.378. The summed E-state index contributed by atoms with van der Waals surface area (Å²) in [6.07, 6.45) is 5.29. The minimum Gasteiger partial charge on any atom is -0.375 e. The van der Waals surface area contributed by atoms with Crippen LogP contribution >= 0.6 is 0 Å². The number of nitrogens with two attached hydrogens (primary N) is 1. The Hall–Kier alpha value is -2.60. The predicted octanol–water partition coefficient (Wildman–Crippen LogP) is 3.45. The second kappa shape index (κ2) is 7.58. The van der Waals surface area contributed by atoms with E-state index >= 15 is 0 Å². The van der Waals surface area contributed by atoms with Crippen molar-refractivity contribution in [2.75, 3.05) is 42.6 Å². The van der Waals surface area contributed by atoms with Crippen LogP contribution in [0.15, 0.2) is 36.4 Å². The van der Waals surface area contributed by atoms with Crippen molar-refractivity contribution in [3.63, 3.8) is 0 Å². The van der Waals surface area contributed by atoms with Crippen LogP contribution in [-0.4, -0.2) is 49.8 Å². The number of hydrogen-bond acceptors (Lipinski definition) is 5. The van der Waals surface area contributed by atoms with E-state index in [1.165, 1.54) is 25.7 Å². The van der Waals surface area contributed by atoms with Gasteiger partial charge in [0.15, 0.2) is 0 Å². The summed E-state index contributed by atoms with van der Waals surface area (Å²) < 4.78 is 5.68. The summed E-state index contributed by atoms with van der Waals surface area (Å²) in [5.41, 5.74) is 9.77. The Morgan fingerprint density at radius 1 is 1.07 bits per heavy atom. The molecule has 0 bridgehead atoms. The molecule has 6 nitrogen and oxygen atoms in total. The number of benzene rings is 1. The minimum absolute atomic E-state index is 0.195. The number of hydrogen-bond donors (Lipinski definition) is 1. The number of morpholine rings is 1. The summed E-state index contributed by atoms with van der Waals surface area (Å²) in [4.78, 5) is 21.9. The van der Waals surface area contributed by atoms with Crippen LogP contribution in [0.25, 0.3) is 11.3 Å². The van der Waals surface area contributed by atoms with Gasteiger partial charge in [0.25, 0.3) is 5.91 Å². The van der Waals surface area contributed by atoms with Gasteiger partial charge in [-0.3, -0.25) is 4.79 Å². The zero-order valence-electron chi connectivity index (χ0n) is 17.6. The van der Waals surface area contributed by atoms with Crippen molar-refractivity contribution in [1.82, 2.24) is 4.98 Å². The summed E-state index contributed by atoms with van der Waals surface area (Å²) in [6, 6.07) is 12.0. The maximum atomic E-state index is 12.3. The molecular weight excluding hydrogens is 376 g/mol. The summed E-state index contributed by atoms with van der Waals surface area (Å²) in [6.45, 7) is 6.41. The van der Waals surface area contributed by atoms with Gasteiger partial charge in [-0.15, -0.1) is 0 Å². The van der Waals surface area contributed by atoms with Crippen LogP contribution < -0.4 is 15.5 Å². The molecule has 2 saturated heterocycles. The molecule has 30 heavy (non-hydrogen) atoms. The third-order valence-electron chi connectivity index (χ3n) is 6.97. The lowest BCUT2D eigenvalue weighted by molar-refractivity contribution is 0.0529. The number of nitrogens with zero attached hydrogens (tertiary/aromatic N) is 3. The monoisotopic (exact) mass is 406 g/mol. The Kier molecular flexibility index (Phi) is 4.89. The molecule has 3 fully saturated rings. The molecule has 2 aromatic rings. The van der Waals surface area contributed by atoms with Crippen molar-refractivity contribution in [3.8, 4) is 11.3 Å². The largest absolute Gasteiger partial charge is 0.375 e. The lowest BCUT2D eigenvalue weighted by atomic mass is 9.92. The molecule has 3 aliphatic rings. The lowest BCUT2D eigenvalue weighted by Gasteiger charge is -2.36. The van der Waals surface area contributed by atoms with Gasteiger partial charge in [-0.1, -0.05) is 18.2 Å². The fourth-order valence-electron chi connectivity index (χ4n) is 4.95. The van der Waals surface area contributed by atoms with Crippen LogP contribution in [0.4, 0.5) is 11.5 Å². The van der Waals surface area contributed by atoms with Crippen molar-refractivity contribution in [2.45, 2.75) is 38.7 Å². The number of aromatic nitrogens is 1. The van der Waals surface area contributed by atoms with E-state index < -0.39 is 0 Å². The Labute approximate surface area is 178 Å². The second-order valence-electron chi connectivity index (χ2n) is 9.06. The van der Waals surface area contributed by atoms with Gasteiger partial charge < -0.3 is 20.3 Å². The number of pyridine rings is 1. The molecule has 1 amide bonds. The molecule has 6 heteroatoms. The number of para-hydroxylation sites is 1. The summed E-state index contributed by atoms with van der Waals surface area (Å²) in [5, 5.41) is 0. The summed E-state index contributed by atoms with van der Waals surface area (Å²) in [5.74, 6) is 0.574. The predicted molar refractivity (Wildman–Crippen MR) is 119 cm³/mol. The highest BCUT2D eigenvalue weighted by Gasteiger charge is 2.45. The molecule has 1 atom stereocenters.